The second-order valence-corrected chi connectivity index (χ2v) is 4.95. The molecule has 0 radical (unpaired) electrons. The zero-order valence-corrected chi connectivity index (χ0v) is 11.8. The number of halogens is 2. The number of rotatable bonds is 3. The van der Waals surface area contributed by atoms with Gasteiger partial charge in [0.1, 0.15) is 5.82 Å². The van der Waals surface area contributed by atoms with Crippen LogP contribution in [0.5, 0.6) is 0 Å². The zero-order valence-electron chi connectivity index (χ0n) is 11.0. The third-order valence-corrected chi connectivity index (χ3v) is 3.41. The van der Waals surface area contributed by atoms with Gasteiger partial charge in [-0.15, -0.1) is 12.4 Å². The summed E-state index contributed by atoms with van der Waals surface area (Å²) in [6.07, 6.45) is 1.28. The molecule has 0 aromatic heterocycles. The van der Waals surface area contributed by atoms with E-state index in [-0.39, 0.29) is 30.2 Å². The molecule has 0 bridgehead atoms. The Morgan fingerprint density at radius 2 is 2.11 bits per heavy atom. The predicted octanol–water partition coefficient (Wildman–Crippen LogP) is 1.90. The number of carbonyl (C=O) groups is 1. The quantitative estimate of drug-likeness (QED) is 0.891. The molecule has 1 fully saturated rings. The molecule has 3 nitrogen and oxygen atoms in total. The summed E-state index contributed by atoms with van der Waals surface area (Å²) >= 11 is 0. The molecule has 1 aliphatic rings. The van der Waals surface area contributed by atoms with Crippen LogP contribution < -0.4 is 10.6 Å². The summed E-state index contributed by atoms with van der Waals surface area (Å²) in [6.45, 7) is 4.03. The van der Waals surface area contributed by atoms with E-state index >= 15 is 0 Å². The molecule has 1 aromatic rings. The minimum atomic E-state index is -0.272. The van der Waals surface area contributed by atoms with Crippen LogP contribution in [0, 0.1) is 11.7 Å². The van der Waals surface area contributed by atoms with Crippen LogP contribution in [0.15, 0.2) is 24.3 Å². The number of hydrogen-bond donors (Lipinski definition) is 2. The van der Waals surface area contributed by atoms with E-state index in [9.17, 15) is 9.18 Å². The SMILES string of the molecule is CC1CNCCC1NC(=O)Cc1ccc(F)cc1.Cl. The van der Waals surface area contributed by atoms with Crippen molar-refractivity contribution in [2.45, 2.75) is 25.8 Å². The van der Waals surface area contributed by atoms with E-state index in [4.69, 9.17) is 0 Å². The van der Waals surface area contributed by atoms with Crippen LogP contribution >= 0.6 is 12.4 Å². The summed E-state index contributed by atoms with van der Waals surface area (Å²) in [5.74, 6) is 0.197. The third-order valence-electron chi connectivity index (χ3n) is 3.41. The molecule has 2 N–H and O–H groups in total. The second-order valence-electron chi connectivity index (χ2n) is 4.95. The van der Waals surface area contributed by atoms with Gasteiger partial charge in [-0.05, 0) is 43.1 Å². The number of hydrogen-bond acceptors (Lipinski definition) is 2. The van der Waals surface area contributed by atoms with Crippen LogP contribution in [-0.4, -0.2) is 25.0 Å². The van der Waals surface area contributed by atoms with Gasteiger partial charge < -0.3 is 10.6 Å². The lowest BCUT2D eigenvalue weighted by atomic mass is 9.95. The summed E-state index contributed by atoms with van der Waals surface area (Å²) in [4.78, 5) is 11.9. The van der Waals surface area contributed by atoms with Gasteiger partial charge >= 0.3 is 0 Å². The van der Waals surface area contributed by atoms with E-state index in [1.165, 1.54) is 12.1 Å². The van der Waals surface area contributed by atoms with E-state index in [1.807, 2.05) is 0 Å². The average Bonchev–Trinajstić information content (AvgIpc) is 2.35. The maximum absolute atomic E-state index is 12.7. The Morgan fingerprint density at radius 1 is 1.42 bits per heavy atom. The highest BCUT2D eigenvalue weighted by molar-refractivity contribution is 5.85. The third kappa shape index (κ3) is 4.80. The molecule has 1 aromatic carbocycles. The Kier molecular flexibility index (Phi) is 6.25. The number of carbonyl (C=O) groups excluding carboxylic acids is 1. The first kappa shape index (κ1) is 15.9. The Bertz CT molecular complexity index is 410. The number of piperidine rings is 1. The molecule has 5 heteroatoms. The summed E-state index contributed by atoms with van der Waals surface area (Å²) in [6, 6.07) is 6.33. The highest BCUT2D eigenvalue weighted by Crippen LogP contribution is 2.11. The fourth-order valence-electron chi connectivity index (χ4n) is 2.27. The van der Waals surface area contributed by atoms with Crippen molar-refractivity contribution in [2.75, 3.05) is 13.1 Å². The smallest absolute Gasteiger partial charge is 0.224 e. The van der Waals surface area contributed by atoms with Gasteiger partial charge in [0.2, 0.25) is 5.91 Å². The first-order chi connectivity index (χ1) is 8.65. The van der Waals surface area contributed by atoms with E-state index in [1.54, 1.807) is 12.1 Å². The normalized spacial score (nSPS) is 22.4. The lowest BCUT2D eigenvalue weighted by Gasteiger charge is -2.30. The van der Waals surface area contributed by atoms with Gasteiger partial charge in [-0.3, -0.25) is 4.79 Å². The van der Waals surface area contributed by atoms with Gasteiger partial charge in [0.15, 0.2) is 0 Å². The van der Waals surface area contributed by atoms with E-state index in [0.29, 0.717) is 12.3 Å². The number of benzene rings is 1. The van der Waals surface area contributed by atoms with Gasteiger partial charge in [-0.25, -0.2) is 4.39 Å². The van der Waals surface area contributed by atoms with Crippen molar-refractivity contribution in [3.05, 3.63) is 35.6 Å². The van der Waals surface area contributed by atoms with Crippen molar-refractivity contribution in [1.29, 1.82) is 0 Å². The summed E-state index contributed by atoms with van der Waals surface area (Å²) < 4.78 is 12.7. The van der Waals surface area contributed by atoms with Crippen molar-refractivity contribution < 1.29 is 9.18 Å². The standard InChI is InChI=1S/C14H19FN2O.ClH/c1-10-9-16-7-6-13(10)17-14(18)8-11-2-4-12(15)5-3-11;/h2-5,10,13,16H,6-9H2,1H3,(H,17,18);1H. The van der Waals surface area contributed by atoms with Gasteiger partial charge in [0, 0.05) is 6.04 Å². The number of amides is 1. The first-order valence-electron chi connectivity index (χ1n) is 6.39. The van der Waals surface area contributed by atoms with Crippen LogP contribution in [0.4, 0.5) is 4.39 Å². The van der Waals surface area contributed by atoms with Gasteiger partial charge in [-0.1, -0.05) is 19.1 Å². The van der Waals surface area contributed by atoms with Crippen LogP contribution in [0.1, 0.15) is 18.9 Å². The molecule has 1 amide bonds. The van der Waals surface area contributed by atoms with Gasteiger partial charge in [0.25, 0.3) is 0 Å². The molecule has 0 aliphatic carbocycles. The lowest BCUT2D eigenvalue weighted by Crippen LogP contribution is -2.48. The maximum Gasteiger partial charge on any atom is 0.224 e. The molecule has 2 rings (SSSR count). The molecule has 106 valence electrons. The van der Waals surface area contributed by atoms with E-state index < -0.39 is 0 Å². The molecule has 2 atom stereocenters. The Hall–Kier alpha value is -1.13. The average molecular weight is 287 g/mol. The minimum Gasteiger partial charge on any atom is -0.353 e. The van der Waals surface area contributed by atoms with Crippen LogP contribution in [0.25, 0.3) is 0 Å². The molecule has 19 heavy (non-hydrogen) atoms. The van der Waals surface area contributed by atoms with Crippen LogP contribution in [-0.2, 0) is 11.2 Å². The van der Waals surface area contributed by atoms with Crippen LogP contribution in [0.2, 0.25) is 0 Å². The lowest BCUT2D eigenvalue weighted by molar-refractivity contribution is -0.121. The Morgan fingerprint density at radius 3 is 2.74 bits per heavy atom. The molecule has 2 unspecified atom stereocenters. The van der Waals surface area contributed by atoms with Crippen molar-refractivity contribution in [3.63, 3.8) is 0 Å². The predicted molar refractivity (Wildman–Crippen MR) is 75.9 cm³/mol. The maximum atomic E-state index is 12.7. The van der Waals surface area contributed by atoms with Crippen molar-refractivity contribution >= 4 is 18.3 Å². The van der Waals surface area contributed by atoms with Crippen molar-refractivity contribution in [3.8, 4) is 0 Å². The summed E-state index contributed by atoms with van der Waals surface area (Å²) in [5.41, 5.74) is 0.843. The molecule has 1 saturated heterocycles. The Balaban J connectivity index is 0.00000180. The number of nitrogens with one attached hydrogen (secondary N) is 2. The molecular weight excluding hydrogens is 267 g/mol. The van der Waals surface area contributed by atoms with E-state index in [2.05, 4.69) is 17.6 Å². The first-order valence-corrected chi connectivity index (χ1v) is 6.39. The Labute approximate surface area is 119 Å². The molecule has 1 heterocycles. The monoisotopic (exact) mass is 286 g/mol. The topological polar surface area (TPSA) is 41.1 Å². The fourth-order valence-corrected chi connectivity index (χ4v) is 2.27. The van der Waals surface area contributed by atoms with Crippen LogP contribution in [0.3, 0.4) is 0 Å². The van der Waals surface area contributed by atoms with E-state index in [0.717, 1.165) is 25.1 Å². The largest absolute Gasteiger partial charge is 0.353 e. The van der Waals surface area contributed by atoms with Gasteiger partial charge in [-0.2, -0.15) is 0 Å². The molecule has 1 aliphatic heterocycles. The summed E-state index contributed by atoms with van der Waals surface area (Å²) in [7, 11) is 0. The second kappa shape index (κ2) is 7.46. The summed E-state index contributed by atoms with van der Waals surface area (Å²) in [5, 5.41) is 6.36. The van der Waals surface area contributed by atoms with Crippen molar-refractivity contribution in [1.82, 2.24) is 10.6 Å². The molecule has 0 spiro atoms. The zero-order chi connectivity index (χ0) is 13.0. The van der Waals surface area contributed by atoms with Gasteiger partial charge in [0.05, 0.1) is 6.42 Å². The highest BCUT2D eigenvalue weighted by atomic mass is 35.5. The molecule has 0 saturated carbocycles. The fraction of sp³-hybridized carbons (Fsp3) is 0.500. The molecular formula is C14H20ClFN2O. The minimum absolute atomic E-state index is 0. The van der Waals surface area contributed by atoms with Crippen molar-refractivity contribution in [2.24, 2.45) is 5.92 Å². The highest BCUT2D eigenvalue weighted by Gasteiger charge is 2.22.